The summed E-state index contributed by atoms with van der Waals surface area (Å²) in [6.07, 6.45) is 0. The number of anilines is 2. The summed E-state index contributed by atoms with van der Waals surface area (Å²) < 4.78 is 5.16. The number of benzene rings is 2. The molecule has 0 saturated carbocycles. The van der Waals surface area contributed by atoms with Crippen molar-refractivity contribution in [3.05, 3.63) is 65.0 Å². The van der Waals surface area contributed by atoms with Gasteiger partial charge in [-0.3, -0.25) is 0 Å². The Morgan fingerprint density at radius 2 is 1.79 bits per heavy atom. The first-order chi connectivity index (χ1) is 11.6. The van der Waals surface area contributed by atoms with E-state index >= 15 is 0 Å². The molecule has 2 N–H and O–H groups in total. The van der Waals surface area contributed by atoms with E-state index < -0.39 is 5.97 Å². The molecule has 3 aromatic rings. The lowest BCUT2D eigenvalue weighted by Crippen LogP contribution is -1.99. The Labute approximate surface area is 144 Å². The Bertz CT molecular complexity index is 869. The van der Waals surface area contributed by atoms with Crippen LogP contribution in [-0.4, -0.2) is 18.2 Å². The summed E-state index contributed by atoms with van der Waals surface area (Å²) >= 11 is 1.26. The molecule has 0 fully saturated rings. The first kappa shape index (κ1) is 16.1. The zero-order valence-corrected chi connectivity index (χ0v) is 14.2. The van der Waals surface area contributed by atoms with Gasteiger partial charge in [-0.1, -0.05) is 18.2 Å². The van der Waals surface area contributed by atoms with Crippen LogP contribution < -0.4 is 10.1 Å². The van der Waals surface area contributed by atoms with Gasteiger partial charge < -0.3 is 15.2 Å². The normalized spacial score (nSPS) is 10.4. The molecule has 0 unspecified atom stereocenters. The molecule has 0 aliphatic carbocycles. The van der Waals surface area contributed by atoms with E-state index in [2.05, 4.69) is 5.32 Å². The highest BCUT2D eigenvalue weighted by molar-refractivity contribution is 7.18. The molecule has 1 aromatic heterocycles. The lowest BCUT2D eigenvalue weighted by molar-refractivity contribution is 0.0703. The predicted octanol–water partition coefficient (Wildman–Crippen LogP) is 5.17. The third kappa shape index (κ3) is 3.26. The zero-order valence-electron chi connectivity index (χ0n) is 13.4. The lowest BCUT2D eigenvalue weighted by atomic mass is 10.1. The number of methoxy groups -OCH3 is 1. The van der Waals surface area contributed by atoms with E-state index in [1.807, 2.05) is 61.5 Å². The highest BCUT2D eigenvalue weighted by Crippen LogP contribution is 2.37. The molecule has 0 aliphatic rings. The largest absolute Gasteiger partial charge is 0.497 e. The lowest BCUT2D eigenvalue weighted by Gasteiger charge is -2.08. The van der Waals surface area contributed by atoms with Gasteiger partial charge in [-0.2, -0.15) is 0 Å². The Morgan fingerprint density at radius 3 is 2.42 bits per heavy atom. The van der Waals surface area contributed by atoms with Gasteiger partial charge in [0.05, 0.1) is 12.8 Å². The molecule has 24 heavy (non-hydrogen) atoms. The van der Waals surface area contributed by atoms with E-state index in [0.717, 1.165) is 27.4 Å². The van der Waals surface area contributed by atoms with Gasteiger partial charge in [0.2, 0.25) is 0 Å². The van der Waals surface area contributed by atoms with Crippen molar-refractivity contribution in [2.75, 3.05) is 12.4 Å². The van der Waals surface area contributed by atoms with Crippen LogP contribution in [0.2, 0.25) is 0 Å². The van der Waals surface area contributed by atoms with Gasteiger partial charge in [0.15, 0.2) is 0 Å². The van der Waals surface area contributed by atoms with Crippen LogP contribution in [0.25, 0.3) is 10.4 Å². The van der Waals surface area contributed by atoms with Crippen LogP contribution in [0.4, 0.5) is 11.4 Å². The maximum absolute atomic E-state index is 11.6. The monoisotopic (exact) mass is 339 g/mol. The molecule has 0 radical (unpaired) electrons. The number of aryl methyl sites for hydroxylation is 1. The van der Waals surface area contributed by atoms with E-state index in [-0.39, 0.29) is 0 Å². The van der Waals surface area contributed by atoms with E-state index in [1.54, 1.807) is 7.11 Å². The molecule has 1 heterocycles. The van der Waals surface area contributed by atoms with Crippen LogP contribution in [-0.2, 0) is 0 Å². The van der Waals surface area contributed by atoms with E-state index in [9.17, 15) is 9.90 Å². The van der Waals surface area contributed by atoms with Crippen LogP contribution in [0.1, 0.15) is 15.2 Å². The van der Waals surface area contributed by atoms with Gasteiger partial charge in [-0.15, -0.1) is 11.3 Å². The number of ether oxygens (including phenoxy) is 1. The van der Waals surface area contributed by atoms with E-state index in [0.29, 0.717) is 10.6 Å². The Kier molecular flexibility index (Phi) is 4.53. The van der Waals surface area contributed by atoms with Gasteiger partial charge >= 0.3 is 5.97 Å². The summed E-state index contributed by atoms with van der Waals surface area (Å²) in [5, 5.41) is 12.7. The zero-order chi connectivity index (χ0) is 17.1. The van der Waals surface area contributed by atoms with Crippen molar-refractivity contribution >= 4 is 28.7 Å². The molecule has 2 aromatic carbocycles. The van der Waals surface area contributed by atoms with E-state index in [1.165, 1.54) is 11.3 Å². The molecule has 0 spiro atoms. The molecule has 0 saturated heterocycles. The highest BCUT2D eigenvalue weighted by Gasteiger charge is 2.17. The third-order valence-corrected chi connectivity index (χ3v) is 4.89. The molecular formula is C19H17NO3S. The van der Waals surface area contributed by atoms with Crippen molar-refractivity contribution in [3.8, 4) is 16.2 Å². The van der Waals surface area contributed by atoms with Gasteiger partial charge in [0.25, 0.3) is 0 Å². The summed E-state index contributed by atoms with van der Waals surface area (Å²) in [6.45, 7) is 1.99. The molecule has 0 bridgehead atoms. The number of thiophene rings is 1. The minimum absolute atomic E-state index is 0.295. The summed E-state index contributed by atoms with van der Waals surface area (Å²) in [5.74, 6) is -0.164. The number of carboxylic acids is 1. The maximum atomic E-state index is 11.6. The molecule has 5 heteroatoms. The van der Waals surface area contributed by atoms with E-state index in [4.69, 9.17) is 4.74 Å². The third-order valence-electron chi connectivity index (χ3n) is 3.72. The van der Waals surface area contributed by atoms with Crippen LogP contribution in [0, 0.1) is 6.92 Å². The fourth-order valence-corrected chi connectivity index (χ4v) is 3.36. The maximum Gasteiger partial charge on any atom is 0.348 e. The Morgan fingerprint density at radius 1 is 1.08 bits per heavy atom. The average molecular weight is 339 g/mol. The number of carbonyl (C=O) groups is 1. The molecule has 122 valence electrons. The second kappa shape index (κ2) is 6.76. The number of rotatable bonds is 5. The topological polar surface area (TPSA) is 58.6 Å². The SMILES string of the molecule is COc1ccc(-c2cc(Nc3ccccc3C)c(C(=O)O)s2)cc1. The fraction of sp³-hybridized carbons (Fsp3) is 0.105. The quantitative estimate of drug-likeness (QED) is 0.673. The van der Waals surface area contributed by atoms with Crippen LogP contribution in [0.15, 0.2) is 54.6 Å². The number of carboxylic acid groups (broad SMARTS) is 1. The number of para-hydroxylation sites is 1. The molecule has 0 aliphatic heterocycles. The molecule has 4 nitrogen and oxygen atoms in total. The molecule has 0 amide bonds. The van der Waals surface area contributed by atoms with Crippen LogP contribution in [0.5, 0.6) is 5.75 Å². The predicted molar refractivity (Wildman–Crippen MR) is 97.7 cm³/mol. The van der Waals surface area contributed by atoms with Gasteiger partial charge in [0.1, 0.15) is 10.6 Å². The van der Waals surface area contributed by atoms with Gasteiger partial charge in [0, 0.05) is 10.6 Å². The number of hydrogen-bond donors (Lipinski definition) is 2. The second-order valence-corrected chi connectivity index (χ2v) is 6.38. The van der Waals surface area contributed by atoms with Gasteiger partial charge in [-0.25, -0.2) is 4.79 Å². The Hall–Kier alpha value is -2.79. The molecular weight excluding hydrogens is 322 g/mol. The number of aromatic carboxylic acids is 1. The molecule has 3 rings (SSSR count). The van der Waals surface area contributed by atoms with Crippen molar-refractivity contribution < 1.29 is 14.6 Å². The summed E-state index contributed by atoms with van der Waals surface area (Å²) in [5.41, 5.74) is 3.53. The van der Waals surface area contributed by atoms with Crippen molar-refractivity contribution in [3.63, 3.8) is 0 Å². The van der Waals surface area contributed by atoms with Crippen molar-refractivity contribution in [1.29, 1.82) is 0 Å². The van der Waals surface area contributed by atoms with Crippen molar-refractivity contribution in [2.45, 2.75) is 6.92 Å². The summed E-state index contributed by atoms with van der Waals surface area (Å²) in [7, 11) is 1.62. The van der Waals surface area contributed by atoms with Crippen LogP contribution in [0.3, 0.4) is 0 Å². The first-order valence-electron chi connectivity index (χ1n) is 7.42. The second-order valence-electron chi connectivity index (χ2n) is 5.33. The minimum Gasteiger partial charge on any atom is -0.497 e. The number of nitrogens with one attached hydrogen (secondary N) is 1. The van der Waals surface area contributed by atoms with Crippen molar-refractivity contribution in [2.24, 2.45) is 0 Å². The minimum atomic E-state index is -0.934. The van der Waals surface area contributed by atoms with Gasteiger partial charge in [-0.05, 0) is 54.4 Å². The fourth-order valence-electron chi connectivity index (χ4n) is 2.40. The summed E-state index contributed by atoms with van der Waals surface area (Å²) in [4.78, 5) is 12.8. The van der Waals surface area contributed by atoms with Crippen molar-refractivity contribution in [1.82, 2.24) is 0 Å². The first-order valence-corrected chi connectivity index (χ1v) is 8.24. The highest BCUT2D eigenvalue weighted by atomic mass is 32.1. The standard InChI is InChI=1S/C19H17NO3S/c1-12-5-3-4-6-15(12)20-16-11-17(24-18(16)19(21)22)13-7-9-14(23-2)10-8-13/h3-11,20H,1-2H3,(H,21,22). The molecule has 0 atom stereocenters. The Balaban J connectivity index is 1.98. The number of hydrogen-bond acceptors (Lipinski definition) is 4. The smallest absolute Gasteiger partial charge is 0.348 e. The summed E-state index contributed by atoms with van der Waals surface area (Å²) in [6, 6.07) is 17.3. The van der Waals surface area contributed by atoms with Crippen LogP contribution >= 0.6 is 11.3 Å². The average Bonchev–Trinajstić information content (AvgIpc) is 3.01.